The summed E-state index contributed by atoms with van der Waals surface area (Å²) in [4.78, 5) is 13.8. The molecular formula is C16H29NO2Si. The number of likely N-dealkylation sites (tertiary alicyclic amines) is 1. The lowest BCUT2D eigenvalue weighted by Crippen LogP contribution is -2.55. The van der Waals surface area contributed by atoms with Crippen molar-refractivity contribution in [1.82, 2.24) is 4.90 Å². The van der Waals surface area contributed by atoms with Crippen LogP contribution in [0.5, 0.6) is 0 Å². The van der Waals surface area contributed by atoms with Crippen molar-refractivity contribution in [2.75, 3.05) is 6.54 Å². The van der Waals surface area contributed by atoms with Crippen LogP contribution in [-0.4, -0.2) is 37.8 Å². The second-order valence-corrected chi connectivity index (χ2v) is 11.8. The van der Waals surface area contributed by atoms with Crippen LogP contribution in [0.4, 0.5) is 0 Å². The molecule has 3 nitrogen and oxygen atoms in total. The summed E-state index contributed by atoms with van der Waals surface area (Å²) in [7, 11) is -1.84. The zero-order chi connectivity index (χ0) is 15.6. The first-order valence-electron chi connectivity index (χ1n) is 7.37. The molecule has 0 aromatic rings. The molecule has 20 heavy (non-hydrogen) atoms. The van der Waals surface area contributed by atoms with Crippen LogP contribution >= 0.6 is 0 Å². The normalized spacial score (nSPS) is 24.4. The number of rotatable bonds is 4. The minimum atomic E-state index is -1.84. The SMILES string of the molecule is C=CC(=O)N1CCC[C@@H](O[Si](C)(C)C(C)(C)C)[C@@H]1C=C. The summed E-state index contributed by atoms with van der Waals surface area (Å²) >= 11 is 0. The van der Waals surface area contributed by atoms with Crippen LogP contribution in [-0.2, 0) is 9.22 Å². The van der Waals surface area contributed by atoms with Crippen LogP contribution in [0.25, 0.3) is 0 Å². The molecule has 4 heteroatoms. The second-order valence-electron chi connectivity index (χ2n) is 7.02. The Labute approximate surface area is 124 Å². The molecule has 0 aliphatic carbocycles. The van der Waals surface area contributed by atoms with Gasteiger partial charge in [-0.25, -0.2) is 0 Å². The summed E-state index contributed by atoms with van der Waals surface area (Å²) in [5, 5.41) is 0.170. The first-order valence-corrected chi connectivity index (χ1v) is 10.3. The number of hydrogen-bond acceptors (Lipinski definition) is 2. The Morgan fingerprint density at radius 3 is 2.40 bits per heavy atom. The minimum Gasteiger partial charge on any atom is -0.412 e. The van der Waals surface area contributed by atoms with E-state index >= 15 is 0 Å². The van der Waals surface area contributed by atoms with Gasteiger partial charge in [-0.1, -0.05) is 33.4 Å². The maximum absolute atomic E-state index is 12.0. The van der Waals surface area contributed by atoms with E-state index in [1.807, 2.05) is 11.0 Å². The van der Waals surface area contributed by atoms with E-state index in [0.29, 0.717) is 0 Å². The maximum atomic E-state index is 12.0. The highest BCUT2D eigenvalue weighted by atomic mass is 28.4. The molecule has 0 bridgehead atoms. The smallest absolute Gasteiger partial charge is 0.246 e. The van der Waals surface area contributed by atoms with Gasteiger partial charge in [0.05, 0.1) is 12.1 Å². The second kappa shape index (κ2) is 6.27. The maximum Gasteiger partial charge on any atom is 0.246 e. The molecule has 0 N–H and O–H groups in total. The Bertz CT molecular complexity index is 384. The molecule has 0 saturated carbocycles. The molecule has 0 radical (unpaired) electrons. The van der Waals surface area contributed by atoms with Gasteiger partial charge in [-0.3, -0.25) is 4.79 Å². The van der Waals surface area contributed by atoms with E-state index in [2.05, 4.69) is 47.0 Å². The standard InChI is InChI=1S/C16H29NO2Si/c1-8-13-14(19-20(6,7)16(3,4)5)11-10-12-17(13)15(18)9-2/h8-9,13-14H,1-2,10-12H2,3-7H3/t13-,14+/m0/s1. The van der Waals surface area contributed by atoms with Crippen molar-refractivity contribution in [2.45, 2.75) is 63.9 Å². The Balaban J connectivity index is 2.91. The van der Waals surface area contributed by atoms with Gasteiger partial charge in [-0.2, -0.15) is 0 Å². The van der Waals surface area contributed by atoms with Crippen molar-refractivity contribution >= 4 is 14.2 Å². The van der Waals surface area contributed by atoms with Crippen molar-refractivity contribution in [3.63, 3.8) is 0 Å². The topological polar surface area (TPSA) is 29.5 Å². The molecule has 1 amide bonds. The summed E-state index contributed by atoms with van der Waals surface area (Å²) in [6, 6.07) is -0.0385. The predicted molar refractivity (Wildman–Crippen MR) is 87.2 cm³/mol. The summed E-state index contributed by atoms with van der Waals surface area (Å²) in [6.07, 6.45) is 5.25. The number of amides is 1. The molecule has 0 aromatic carbocycles. The molecule has 1 heterocycles. The van der Waals surface area contributed by atoms with Crippen molar-refractivity contribution in [1.29, 1.82) is 0 Å². The fourth-order valence-corrected chi connectivity index (χ4v) is 3.69. The first-order chi connectivity index (χ1) is 9.14. The zero-order valence-electron chi connectivity index (χ0n) is 13.6. The van der Waals surface area contributed by atoms with E-state index < -0.39 is 8.32 Å². The number of nitrogens with zero attached hydrogens (tertiary/aromatic N) is 1. The van der Waals surface area contributed by atoms with Crippen LogP contribution in [0, 0.1) is 0 Å². The number of carbonyl (C=O) groups is 1. The Hall–Kier alpha value is -0.873. The molecule has 2 atom stereocenters. The van der Waals surface area contributed by atoms with Gasteiger partial charge in [-0.15, -0.1) is 6.58 Å². The average Bonchev–Trinajstić information content (AvgIpc) is 2.35. The van der Waals surface area contributed by atoms with Crippen LogP contribution in [0.15, 0.2) is 25.3 Å². The highest BCUT2D eigenvalue weighted by Crippen LogP contribution is 2.39. The summed E-state index contributed by atoms with van der Waals surface area (Å²) < 4.78 is 6.51. The number of piperidine rings is 1. The summed E-state index contributed by atoms with van der Waals surface area (Å²) in [5.41, 5.74) is 0. The summed E-state index contributed by atoms with van der Waals surface area (Å²) in [6.45, 7) is 19.5. The molecule has 114 valence electrons. The van der Waals surface area contributed by atoms with E-state index in [9.17, 15) is 4.79 Å². The van der Waals surface area contributed by atoms with E-state index in [1.165, 1.54) is 6.08 Å². The van der Waals surface area contributed by atoms with Crippen LogP contribution in [0.1, 0.15) is 33.6 Å². The molecule has 1 fully saturated rings. The van der Waals surface area contributed by atoms with Crippen LogP contribution in [0.2, 0.25) is 18.1 Å². The molecule has 1 aliphatic heterocycles. The molecule has 1 saturated heterocycles. The van der Waals surface area contributed by atoms with Gasteiger partial charge in [0.1, 0.15) is 0 Å². The van der Waals surface area contributed by atoms with Gasteiger partial charge in [0, 0.05) is 6.54 Å². The lowest BCUT2D eigenvalue weighted by molar-refractivity contribution is -0.131. The van der Waals surface area contributed by atoms with Gasteiger partial charge in [0.25, 0.3) is 0 Å². The molecule has 0 unspecified atom stereocenters. The van der Waals surface area contributed by atoms with E-state index in [0.717, 1.165) is 19.4 Å². The molecule has 0 aromatic heterocycles. The Kier molecular flexibility index (Phi) is 5.38. The number of hydrogen-bond donors (Lipinski definition) is 0. The van der Waals surface area contributed by atoms with E-state index in [4.69, 9.17) is 4.43 Å². The third-order valence-corrected chi connectivity index (χ3v) is 9.08. The average molecular weight is 295 g/mol. The molecule has 0 spiro atoms. The first kappa shape index (κ1) is 17.2. The van der Waals surface area contributed by atoms with Gasteiger partial charge in [0.2, 0.25) is 5.91 Å². The predicted octanol–water partition coefficient (Wildman–Crippen LogP) is 3.74. The molecular weight excluding hydrogens is 266 g/mol. The lowest BCUT2D eigenvalue weighted by Gasteiger charge is -2.45. The van der Waals surface area contributed by atoms with Crippen molar-refractivity contribution in [3.8, 4) is 0 Å². The largest absolute Gasteiger partial charge is 0.412 e. The van der Waals surface area contributed by atoms with Crippen LogP contribution < -0.4 is 0 Å². The monoisotopic (exact) mass is 295 g/mol. The van der Waals surface area contributed by atoms with Crippen molar-refractivity contribution in [2.24, 2.45) is 0 Å². The summed E-state index contributed by atoms with van der Waals surface area (Å²) in [5.74, 6) is -0.0292. The van der Waals surface area contributed by atoms with Crippen LogP contribution in [0.3, 0.4) is 0 Å². The quantitative estimate of drug-likeness (QED) is 0.449. The lowest BCUT2D eigenvalue weighted by atomic mass is 9.99. The van der Waals surface area contributed by atoms with Crippen molar-refractivity contribution < 1.29 is 9.22 Å². The highest BCUT2D eigenvalue weighted by molar-refractivity contribution is 6.74. The van der Waals surface area contributed by atoms with E-state index in [1.54, 1.807) is 0 Å². The minimum absolute atomic E-state index is 0.0292. The highest BCUT2D eigenvalue weighted by Gasteiger charge is 2.42. The Morgan fingerprint density at radius 1 is 1.35 bits per heavy atom. The number of carbonyl (C=O) groups excluding carboxylic acids is 1. The van der Waals surface area contributed by atoms with E-state index in [-0.39, 0.29) is 23.1 Å². The van der Waals surface area contributed by atoms with Crippen molar-refractivity contribution in [3.05, 3.63) is 25.3 Å². The zero-order valence-corrected chi connectivity index (χ0v) is 14.6. The molecule has 1 rings (SSSR count). The molecule has 1 aliphatic rings. The van der Waals surface area contributed by atoms with Gasteiger partial charge < -0.3 is 9.33 Å². The fraction of sp³-hybridized carbons (Fsp3) is 0.688. The fourth-order valence-electron chi connectivity index (χ4n) is 2.32. The third kappa shape index (κ3) is 3.61. The Morgan fingerprint density at radius 2 is 1.95 bits per heavy atom. The van der Waals surface area contributed by atoms with Gasteiger partial charge in [-0.05, 0) is 37.0 Å². The van der Waals surface area contributed by atoms with Gasteiger partial charge >= 0.3 is 0 Å². The third-order valence-electron chi connectivity index (χ3n) is 4.58. The van der Waals surface area contributed by atoms with Gasteiger partial charge in [0.15, 0.2) is 8.32 Å².